The van der Waals surface area contributed by atoms with Gasteiger partial charge in [-0.05, 0) is 31.0 Å². The van der Waals surface area contributed by atoms with Crippen LogP contribution in [-0.2, 0) is 12.8 Å². The zero-order chi connectivity index (χ0) is 14.0. The maximum atomic E-state index is 13.1. The number of anilines is 1. The summed E-state index contributed by atoms with van der Waals surface area (Å²) in [6.45, 7) is 2.68. The molecule has 1 N–H and O–H groups in total. The maximum Gasteiger partial charge on any atom is 0.418 e. The van der Waals surface area contributed by atoms with E-state index in [1.54, 1.807) is 4.90 Å². The number of rotatable bonds is 2. The lowest BCUT2D eigenvalue weighted by molar-refractivity contribution is -0.137. The summed E-state index contributed by atoms with van der Waals surface area (Å²) < 4.78 is 39.2. The van der Waals surface area contributed by atoms with Gasteiger partial charge < -0.3 is 10.0 Å². The van der Waals surface area contributed by atoms with E-state index >= 15 is 0 Å². The van der Waals surface area contributed by atoms with E-state index in [0.29, 0.717) is 13.1 Å². The van der Waals surface area contributed by atoms with Crippen molar-refractivity contribution in [3.05, 3.63) is 41.0 Å². The lowest BCUT2D eigenvalue weighted by atomic mass is 10.0. The third-order valence-corrected chi connectivity index (χ3v) is 3.33. The highest BCUT2D eigenvalue weighted by molar-refractivity contribution is 5.57. The lowest BCUT2D eigenvalue weighted by Crippen LogP contribution is -2.30. The minimum absolute atomic E-state index is 0.188. The van der Waals surface area contributed by atoms with Crippen LogP contribution in [0.4, 0.5) is 18.9 Å². The average Bonchev–Trinajstić information content (AvgIpc) is 2.38. The molecule has 0 unspecified atom stereocenters. The summed E-state index contributed by atoms with van der Waals surface area (Å²) in [6, 6.07) is 4.01. The van der Waals surface area contributed by atoms with Crippen molar-refractivity contribution >= 4 is 5.69 Å². The van der Waals surface area contributed by atoms with Crippen molar-refractivity contribution in [3.63, 3.8) is 0 Å². The van der Waals surface area contributed by atoms with Gasteiger partial charge in [0.1, 0.15) is 0 Å². The molecule has 1 aliphatic heterocycles. The Morgan fingerprint density at radius 3 is 2.58 bits per heavy atom. The Kier molecular flexibility index (Phi) is 3.85. The zero-order valence-corrected chi connectivity index (χ0v) is 10.7. The maximum absolute atomic E-state index is 13.1. The van der Waals surface area contributed by atoms with E-state index in [1.165, 1.54) is 17.7 Å². The second-order valence-corrected chi connectivity index (χ2v) is 4.75. The predicted octanol–water partition coefficient (Wildman–Crippen LogP) is 3.35. The van der Waals surface area contributed by atoms with Gasteiger partial charge in [0.05, 0.1) is 12.2 Å². The van der Waals surface area contributed by atoms with Gasteiger partial charge in [-0.15, -0.1) is 0 Å². The predicted molar refractivity (Wildman–Crippen MR) is 68.0 cm³/mol. The highest BCUT2D eigenvalue weighted by atomic mass is 19.4. The third-order valence-electron chi connectivity index (χ3n) is 3.33. The second kappa shape index (κ2) is 5.25. The van der Waals surface area contributed by atoms with E-state index in [0.717, 1.165) is 12.5 Å². The first kappa shape index (κ1) is 13.9. The van der Waals surface area contributed by atoms with Crippen molar-refractivity contribution in [2.75, 3.05) is 18.0 Å². The fraction of sp³-hybridized carbons (Fsp3) is 0.429. The van der Waals surface area contributed by atoms with Gasteiger partial charge in [-0.1, -0.05) is 17.7 Å². The molecular formula is C14H16F3NO. The Morgan fingerprint density at radius 2 is 2.05 bits per heavy atom. The molecule has 1 aliphatic rings. The van der Waals surface area contributed by atoms with Gasteiger partial charge in [0, 0.05) is 18.8 Å². The largest absolute Gasteiger partial charge is 0.418 e. The summed E-state index contributed by atoms with van der Waals surface area (Å²) in [6.07, 6.45) is -1.68. The first-order chi connectivity index (χ1) is 8.91. The lowest BCUT2D eigenvalue weighted by Gasteiger charge is -2.30. The van der Waals surface area contributed by atoms with Crippen LogP contribution < -0.4 is 4.90 Å². The number of hydrogen-bond donors (Lipinski definition) is 1. The molecule has 0 fully saturated rings. The number of aliphatic hydroxyl groups is 1. The number of nitrogens with zero attached hydrogens (tertiary/aromatic N) is 1. The Labute approximate surface area is 110 Å². The van der Waals surface area contributed by atoms with Gasteiger partial charge >= 0.3 is 6.18 Å². The minimum atomic E-state index is -4.41. The molecule has 0 saturated heterocycles. The second-order valence-electron chi connectivity index (χ2n) is 4.75. The van der Waals surface area contributed by atoms with Crippen molar-refractivity contribution in [2.24, 2.45) is 0 Å². The van der Waals surface area contributed by atoms with Gasteiger partial charge in [0.25, 0.3) is 0 Å². The van der Waals surface area contributed by atoms with E-state index in [4.69, 9.17) is 5.11 Å². The number of hydrogen-bond acceptors (Lipinski definition) is 2. The van der Waals surface area contributed by atoms with Crippen LogP contribution in [0.25, 0.3) is 0 Å². The van der Waals surface area contributed by atoms with Crippen molar-refractivity contribution in [2.45, 2.75) is 26.1 Å². The molecule has 2 nitrogen and oxygen atoms in total. The van der Waals surface area contributed by atoms with Crippen LogP contribution >= 0.6 is 0 Å². The molecule has 0 atom stereocenters. The molecule has 0 amide bonds. The summed E-state index contributed by atoms with van der Waals surface area (Å²) in [5, 5.41) is 8.97. The summed E-state index contributed by atoms with van der Waals surface area (Å²) in [7, 11) is 0. The summed E-state index contributed by atoms with van der Waals surface area (Å²) in [5.74, 6) is 0. The summed E-state index contributed by atoms with van der Waals surface area (Å²) in [5.41, 5.74) is 0.997. The van der Waals surface area contributed by atoms with Crippen molar-refractivity contribution in [1.82, 2.24) is 0 Å². The van der Waals surface area contributed by atoms with Gasteiger partial charge in [-0.3, -0.25) is 0 Å². The average molecular weight is 271 g/mol. The van der Waals surface area contributed by atoms with Crippen LogP contribution in [0.5, 0.6) is 0 Å². The highest BCUT2D eigenvalue weighted by Crippen LogP contribution is 2.38. The van der Waals surface area contributed by atoms with Gasteiger partial charge in [-0.25, -0.2) is 0 Å². The SMILES string of the molecule is CC1=CCN(c2ccc(CO)cc2C(F)(F)F)CC1. The topological polar surface area (TPSA) is 23.5 Å². The molecule has 0 bridgehead atoms. The summed E-state index contributed by atoms with van der Waals surface area (Å²) in [4.78, 5) is 1.72. The Hall–Kier alpha value is -1.49. The highest BCUT2D eigenvalue weighted by Gasteiger charge is 2.35. The molecule has 2 rings (SSSR count). The van der Waals surface area contributed by atoms with E-state index in [-0.39, 0.29) is 17.9 Å². The molecule has 0 saturated carbocycles. The van der Waals surface area contributed by atoms with Crippen molar-refractivity contribution in [3.8, 4) is 0 Å². The van der Waals surface area contributed by atoms with Crippen LogP contribution in [0.2, 0.25) is 0 Å². The van der Waals surface area contributed by atoms with E-state index in [2.05, 4.69) is 0 Å². The number of aliphatic hydroxyl groups excluding tert-OH is 1. The molecule has 0 aromatic heterocycles. The molecule has 1 heterocycles. The van der Waals surface area contributed by atoms with Crippen LogP contribution in [0.15, 0.2) is 29.8 Å². The molecule has 0 aliphatic carbocycles. The van der Waals surface area contributed by atoms with Crippen LogP contribution in [0.3, 0.4) is 0 Å². The molecule has 1 aromatic carbocycles. The van der Waals surface area contributed by atoms with E-state index in [1.807, 2.05) is 13.0 Å². The molecule has 5 heteroatoms. The van der Waals surface area contributed by atoms with E-state index < -0.39 is 11.7 Å². The van der Waals surface area contributed by atoms with Crippen LogP contribution in [-0.4, -0.2) is 18.2 Å². The third kappa shape index (κ3) is 3.10. The smallest absolute Gasteiger partial charge is 0.392 e. The molecule has 104 valence electrons. The van der Waals surface area contributed by atoms with Gasteiger partial charge in [-0.2, -0.15) is 13.2 Å². The first-order valence-corrected chi connectivity index (χ1v) is 6.13. The fourth-order valence-corrected chi connectivity index (χ4v) is 2.17. The Morgan fingerprint density at radius 1 is 1.32 bits per heavy atom. The molecule has 0 radical (unpaired) electrons. The van der Waals surface area contributed by atoms with Crippen LogP contribution in [0, 0.1) is 0 Å². The minimum Gasteiger partial charge on any atom is -0.392 e. The number of halogens is 3. The fourth-order valence-electron chi connectivity index (χ4n) is 2.17. The standard InChI is InChI=1S/C14H16F3NO/c1-10-4-6-18(7-5-10)13-3-2-11(9-19)8-12(13)14(15,16)17/h2-4,8,19H,5-7,9H2,1H3. The molecular weight excluding hydrogens is 255 g/mol. The van der Waals surface area contributed by atoms with Gasteiger partial charge in [0.15, 0.2) is 0 Å². The van der Waals surface area contributed by atoms with Gasteiger partial charge in [0.2, 0.25) is 0 Å². The molecule has 1 aromatic rings. The molecule has 0 spiro atoms. The number of benzene rings is 1. The quantitative estimate of drug-likeness (QED) is 0.834. The number of alkyl halides is 3. The monoisotopic (exact) mass is 271 g/mol. The normalized spacial score (nSPS) is 16.5. The first-order valence-electron chi connectivity index (χ1n) is 6.13. The Bertz CT molecular complexity index is 494. The van der Waals surface area contributed by atoms with Crippen molar-refractivity contribution in [1.29, 1.82) is 0 Å². The zero-order valence-electron chi connectivity index (χ0n) is 10.7. The Balaban J connectivity index is 2.39. The van der Waals surface area contributed by atoms with Crippen molar-refractivity contribution < 1.29 is 18.3 Å². The summed E-state index contributed by atoms with van der Waals surface area (Å²) >= 11 is 0. The van der Waals surface area contributed by atoms with E-state index in [9.17, 15) is 13.2 Å². The van der Waals surface area contributed by atoms with Crippen LogP contribution in [0.1, 0.15) is 24.5 Å². The molecule has 19 heavy (non-hydrogen) atoms.